The van der Waals surface area contributed by atoms with E-state index in [0.717, 1.165) is 17.7 Å². The largest absolute Gasteiger partial charge is 0.478 e. The molecule has 0 saturated carbocycles. The molecule has 0 radical (unpaired) electrons. The van der Waals surface area contributed by atoms with Crippen LogP contribution in [0.5, 0.6) is 0 Å². The van der Waals surface area contributed by atoms with Crippen molar-refractivity contribution in [2.75, 3.05) is 6.54 Å². The van der Waals surface area contributed by atoms with E-state index in [4.69, 9.17) is 5.11 Å². The number of amides is 1. The number of carboxylic acid groups (broad SMARTS) is 1. The normalized spacial score (nSPS) is 20.0. The maximum atomic E-state index is 12.6. The Hall–Kier alpha value is -2.62. The van der Waals surface area contributed by atoms with Crippen molar-refractivity contribution in [3.8, 4) is 0 Å². The topological polar surface area (TPSA) is 57.6 Å². The summed E-state index contributed by atoms with van der Waals surface area (Å²) in [5.74, 6) is -0.495. The van der Waals surface area contributed by atoms with Gasteiger partial charge in [-0.15, -0.1) is 0 Å². The second-order valence-corrected chi connectivity index (χ2v) is 6.06. The Kier molecular flexibility index (Phi) is 4.15. The molecule has 2 atom stereocenters. The summed E-state index contributed by atoms with van der Waals surface area (Å²) >= 11 is 0. The van der Waals surface area contributed by atoms with Crippen LogP contribution in [0.1, 0.15) is 34.5 Å². The molecule has 0 aromatic heterocycles. The minimum Gasteiger partial charge on any atom is -0.478 e. The molecule has 1 fully saturated rings. The molecule has 1 saturated heterocycles. The highest BCUT2D eigenvalue weighted by atomic mass is 16.4. The van der Waals surface area contributed by atoms with Crippen LogP contribution >= 0.6 is 0 Å². The molecule has 118 valence electrons. The standard InChI is InChI=1S/C19H19NO3/c1-13-12-20(18(13)15-7-3-2-4-8-15)17(21)11-14-6-5-9-16(10-14)19(22)23/h2-10,13,18H,11-12H2,1H3,(H,22,23). The molecule has 2 unspecified atom stereocenters. The van der Waals surface area contributed by atoms with E-state index >= 15 is 0 Å². The molecule has 1 aliphatic rings. The predicted octanol–water partition coefficient (Wildman–Crippen LogP) is 3.15. The maximum absolute atomic E-state index is 12.6. The fourth-order valence-electron chi connectivity index (χ4n) is 3.20. The molecule has 2 aromatic carbocycles. The predicted molar refractivity (Wildman–Crippen MR) is 87.2 cm³/mol. The van der Waals surface area contributed by atoms with Gasteiger partial charge in [-0.1, -0.05) is 49.4 Å². The van der Waals surface area contributed by atoms with Crippen LogP contribution < -0.4 is 0 Å². The summed E-state index contributed by atoms with van der Waals surface area (Å²) in [6.07, 6.45) is 0.233. The average Bonchev–Trinajstić information content (AvgIpc) is 2.53. The number of benzene rings is 2. The van der Waals surface area contributed by atoms with Gasteiger partial charge in [-0.3, -0.25) is 4.79 Å². The van der Waals surface area contributed by atoms with Gasteiger partial charge in [0.15, 0.2) is 0 Å². The Labute approximate surface area is 135 Å². The van der Waals surface area contributed by atoms with Crippen LogP contribution in [0.3, 0.4) is 0 Å². The van der Waals surface area contributed by atoms with Crippen LogP contribution in [-0.4, -0.2) is 28.4 Å². The van der Waals surface area contributed by atoms with Crippen molar-refractivity contribution in [1.82, 2.24) is 4.90 Å². The number of likely N-dealkylation sites (tertiary alicyclic amines) is 1. The van der Waals surface area contributed by atoms with E-state index in [0.29, 0.717) is 5.92 Å². The summed E-state index contributed by atoms with van der Waals surface area (Å²) in [6, 6.07) is 16.7. The van der Waals surface area contributed by atoms with Gasteiger partial charge >= 0.3 is 5.97 Å². The van der Waals surface area contributed by atoms with E-state index in [-0.39, 0.29) is 23.9 Å². The van der Waals surface area contributed by atoms with E-state index in [1.807, 2.05) is 35.2 Å². The first-order chi connectivity index (χ1) is 11.1. The Morgan fingerprint density at radius 3 is 2.52 bits per heavy atom. The van der Waals surface area contributed by atoms with Gasteiger partial charge < -0.3 is 10.0 Å². The van der Waals surface area contributed by atoms with Gasteiger partial charge in [0, 0.05) is 6.54 Å². The van der Waals surface area contributed by atoms with E-state index in [1.54, 1.807) is 18.2 Å². The molecule has 2 aromatic rings. The molecule has 0 aliphatic carbocycles. The second-order valence-electron chi connectivity index (χ2n) is 6.06. The lowest BCUT2D eigenvalue weighted by molar-refractivity contribution is -0.142. The Bertz CT molecular complexity index is 726. The van der Waals surface area contributed by atoms with Crippen molar-refractivity contribution in [3.63, 3.8) is 0 Å². The Morgan fingerprint density at radius 2 is 1.87 bits per heavy atom. The van der Waals surface area contributed by atoms with Crippen molar-refractivity contribution >= 4 is 11.9 Å². The molecule has 3 rings (SSSR count). The third-order valence-corrected chi connectivity index (χ3v) is 4.35. The summed E-state index contributed by atoms with van der Waals surface area (Å²) in [5.41, 5.74) is 2.10. The van der Waals surface area contributed by atoms with Gasteiger partial charge in [-0.05, 0) is 29.2 Å². The Morgan fingerprint density at radius 1 is 1.13 bits per heavy atom. The van der Waals surface area contributed by atoms with Crippen LogP contribution in [-0.2, 0) is 11.2 Å². The number of aromatic carboxylic acids is 1. The molecule has 4 nitrogen and oxygen atoms in total. The fraction of sp³-hybridized carbons (Fsp3) is 0.263. The monoisotopic (exact) mass is 309 g/mol. The lowest BCUT2D eigenvalue weighted by Crippen LogP contribution is -2.52. The molecule has 1 aliphatic heterocycles. The molecular formula is C19H19NO3. The molecule has 23 heavy (non-hydrogen) atoms. The molecule has 1 N–H and O–H groups in total. The number of carboxylic acids is 1. The van der Waals surface area contributed by atoms with Crippen molar-refractivity contribution in [1.29, 1.82) is 0 Å². The molecular weight excluding hydrogens is 290 g/mol. The van der Waals surface area contributed by atoms with Gasteiger partial charge in [0.1, 0.15) is 0 Å². The van der Waals surface area contributed by atoms with Gasteiger partial charge in [0.2, 0.25) is 5.91 Å². The molecule has 4 heteroatoms. The minimum atomic E-state index is -0.973. The van der Waals surface area contributed by atoms with E-state index < -0.39 is 5.97 Å². The second kappa shape index (κ2) is 6.24. The summed E-state index contributed by atoms with van der Waals surface area (Å²) < 4.78 is 0. The summed E-state index contributed by atoms with van der Waals surface area (Å²) in [7, 11) is 0. The lowest BCUT2D eigenvalue weighted by atomic mass is 9.84. The molecule has 0 bridgehead atoms. The Balaban J connectivity index is 1.74. The summed E-state index contributed by atoms with van der Waals surface area (Å²) in [6.45, 7) is 2.89. The molecule has 0 spiro atoms. The summed E-state index contributed by atoms with van der Waals surface area (Å²) in [5, 5.41) is 9.04. The number of hydrogen-bond acceptors (Lipinski definition) is 2. The van der Waals surface area contributed by atoms with E-state index in [9.17, 15) is 9.59 Å². The van der Waals surface area contributed by atoms with Crippen molar-refractivity contribution < 1.29 is 14.7 Å². The smallest absolute Gasteiger partial charge is 0.335 e. The fourth-order valence-corrected chi connectivity index (χ4v) is 3.20. The zero-order valence-electron chi connectivity index (χ0n) is 13.0. The minimum absolute atomic E-state index is 0.0412. The summed E-state index contributed by atoms with van der Waals surface area (Å²) in [4.78, 5) is 25.5. The maximum Gasteiger partial charge on any atom is 0.335 e. The van der Waals surface area contributed by atoms with Crippen molar-refractivity contribution in [2.45, 2.75) is 19.4 Å². The zero-order valence-corrected chi connectivity index (χ0v) is 13.0. The first-order valence-electron chi connectivity index (χ1n) is 7.73. The lowest BCUT2D eigenvalue weighted by Gasteiger charge is -2.47. The SMILES string of the molecule is CC1CN(C(=O)Cc2cccc(C(=O)O)c2)C1c1ccccc1. The number of carbonyl (C=O) groups excluding carboxylic acids is 1. The third-order valence-electron chi connectivity index (χ3n) is 4.35. The van der Waals surface area contributed by atoms with Gasteiger partial charge in [-0.25, -0.2) is 4.79 Å². The average molecular weight is 309 g/mol. The van der Waals surface area contributed by atoms with Crippen LogP contribution in [0.4, 0.5) is 0 Å². The third kappa shape index (κ3) is 3.11. The highest BCUT2D eigenvalue weighted by molar-refractivity contribution is 5.88. The van der Waals surface area contributed by atoms with Gasteiger partial charge in [0.25, 0.3) is 0 Å². The van der Waals surface area contributed by atoms with Gasteiger partial charge in [0.05, 0.1) is 18.0 Å². The van der Waals surface area contributed by atoms with E-state index in [1.165, 1.54) is 6.07 Å². The van der Waals surface area contributed by atoms with Crippen LogP contribution in [0.15, 0.2) is 54.6 Å². The quantitative estimate of drug-likeness (QED) is 0.944. The number of rotatable bonds is 4. The van der Waals surface area contributed by atoms with Crippen LogP contribution in [0.2, 0.25) is 0 Å². The van der Waals surface area contributed by atoms with E-state index in [2.05, 4.69) is 6.92 Å². The highest BCUT2D eigenvalue weighted by Gasteiger charge is 2.39. The molecule has 1 heterocycles. The number of hydrogen-bond donors (Lipinski definition) is 1. The van der Waals surface area contributed by atoms with Crippen molar-refractivity contribution in [2.24, 2.45) is 5.92 Å². The first-order valence-corrected chi connectivity index (χ1v) is 7.73. The van der Waals surface area contributed by atoms with Gasteiger partial charge in [-0.2, -0.15) is 0 Å². The number of carbonyl (C=O) groups is 2. The van der Waals surface area contributed by atoms with Crippen molar-refractivity contribution in [3.05, 3.63) is 71.3 Å². The van der Waals surface area contributed by atoms with Crippen LogP contribution in [0, 0.1) is 5.92 Å². The zero-order chi connectivity index (χ0) is 16.4. The highest BCUT2D eigenvalue weighted by Crippen LogP contribution is 2.38. The number of nitrogens with zero attached hydrogens (tertiary/aromatic N) is 1. The molecule has 1 amide bonds. The first kappa shape index (κ1) is 15.3. The van der Waals surface area contributed by atoms with Crippen LogP contribution in [0.25, 0.3) is 0 Å².